The molecule has 0 spiro atoms. The van der Waals surface area contributed by atoms with E-state index in [9.17, 15) is 4.79 Å². The monoisotopic (exact) mass is 237 g/mol. The fourth-order valence-corrected chi connectivity index (χ4v) is 1.91. The molecule has 2 N–H and O–H groups in total. The Hall–Kier alpha value is -1.59. The summed E-state index contributed by atoms with van der Waals surface area (Å²) in [4.78, 5) is 16.3. The highest BCUT2D eigenvalue weighted by atomic mass is 16.7. The van der Waals surface area contributed by atoms with Crippen LogP contribution >= 0.6 is 0 Å². The third-order valence-corrected chi connectivity index (χ3v) is 2.86. The third-order valence-electron chi connectivity index (χ3n) is 2.86. The van der Waals surface area contributed by atoms with Gasteiger partial charge >= 0.3 is 5.97 Å². The molecule has 0 amide bonds. The van der Waals surface area contributed by atoms with Crippen molar-refractivity contribution >= 4 is 5.97 Å². The summed E-state index contributed by atoms with van der Waals surface area (Å²) in [6.45, 7) is 0.860. The zero-order chi connectivity index (χ0) is 12.3. The Morgan fingerprint density at radius 1 is 1.41 bits per heavy atom. The number of rotatable bonds is 4. The molecule has 92 valence electrons. The Bertz CT molecular complexity index is 390. The van der Waals surface area contributed by atoms with Gasteiger partial charge in [0.2, 0.25) is 0 Å². The van der Waals surface area contributed by atoms with Gasteiger partial charge in [-0.25, -0.2) is 4.79 Å². The quantitative estimate of drug-likeness (QED) is 0.821. The lowest BCUT2D eigenvalue weighted by Crippen LogP contribution is -2.35. The SMILES string of the molecule is O=C(O)c1ccc(ON2CCCC2CO)cc1. The summed E-state index contributed by atoms with van der Waals surface area (Å²) in [6, 6.07) is 6.28. The standard InChI is InChI=1S/C12H15NO4/c14-8-10-2-1-7-13(10)17-11-5-3-9(4-6-11)12(15)16/h3-6,10,14H,1-2,7-8H2,(H,15,16). The van der Waals surface area contributed by atoms with Crippen LogP contribution in [0.5, 0.6) is 5.75 Å². The van der Waals surface area contributed by atoms with Crippen molar-refractivity contribution in [1.82, 2.24) is 5.06 Å². The van der Waals surface area contributed by atoms with Crippen LogP contribution in [0.2, 0.25) is 0 Å². The minimum Gasteiger partial charge on any atom is -0.478 e. The first-order valence-electron chi connectivity index (χ1n) is 5.59. The molecule has 1 aromatic rings. The molecule has 0 saturated carbocycles. The summed E-state index contributed by atoms with van der Waals surface area (Å²) in [5.41, 5.74) is 0.234. The second-order valence-corrected chi connectivity index (χ2v) is 4.04. The van der Waals surface area contributed by atoms with Crippen LogP contribution in [0.1, 0.15) is 23.2 Å². The van der Waals surface area contributed by atoms with Crippen molar-refractivity contribution in [3.05, 3.63) is 29.8 Å². The molecule has 1 heterocycles. The Morgan fingerprint density at radius 3 is 2.71 bits per heavy atom. The van der Waals surface area contributed by atoms with E-state index >= 15 is 0 Å². The summed E-state index contributed by atoms with van der Waals surface area (Å²) in [5.74, 6) is -0.360. The number of hydrogen-bond donors (Lipinski definition) is 2. The number of aliphatic hydroxyl groups excluding tert-OH is 1. The molecule has 0 bridgehead atoms. The Labute approximate surface area is 99.2 Å². The van der Waals surface area contributed by atoms with Crippen LogP contribution in [-0.2, 0) is 0 Å². The first-order chi connectivity index (χ1) is 8.20. The summed E-state index contributed by atoms with van der Waals surface area (Å²) >= 11 is 0. The van der Waals surface area contributed by atoms with Gasteiger partial charge in [0.05, 0.1) is 18.2 Å². The van der Waals surface area contributed by atoms with E-state index in [1.165, 1.54) is 12.1 Å². The van der Waals surface area contributed by atoms with Gasteiger partial charge in [0, 0.05) is 6.54 Å². The molecule has 0 aliphatic carbocycles. The molecule has 1 unspecified atom stereocenters. The molecule has 5 nitrogen and oxygen atoms in total. The number of hydrogen-bond acceptors (Lipinski definition) is 4. The van der Waals surface area contributed by atoms with Gasteiger partial charge in [-0.3, -0.25) is 0 Å². The number of carboxylic acids is 1. The molecule has 1 atom stereocenters. The Morgan fingerprint density at radius 2 is 2.12 bits per heavy atom. The molecule has 0 aromatic heterocycles. The van der Waals surface area contributed by atoms with Gasteiger partial charge in [0.25, 0.3) is 0 Å². The van der Waals surface area contributed by atoms with Gasteiger partial charge in [-0.2, -0.15) is 0 Å². The summed E-state index contributed by atoms with van der Waals surface area (Å²) < 4.78 is 0. The minimum atomic E-state index is -0.953. The van der Waals surface area contributed by atoms with Crippen molar-refractivity contribution < 1.29 is 19.8 Å². The molecule has 1 aliphatic rings. The molecular formula is C12H15NO4. The van der Waals surface area contributed by atoms with E-state index < -0.39 is 5.97 Å². The van der Waals surface area contributed by atoms with Crippen molar-refractivity contribution in [2.45, 2.75) is 18.9 Å². The summed E-state index contributed by atoms with van der Waals surface area (Å²) in [6.07, 6.45) is 1.92. The lowest BCUT2D eigenvalue weighted by molar-refractivity contribution is -0.0828. The average Bonchev–Trinajstić information content (AvgIpc) is 2.77. The van der Waals surface area contributed by atoms with Crippen LogP contribution in [-0.4, -0.2) is 40.4 Å². The highest BCUT2D eigenvalue weighted by Gasteiger charge is 2.25. The van der Waals surface area contributed by atoms with Crippen LogP contribution in [0.15, 0.2) is 24.3 Å². The van der Waals surface area contributed by atoms with E-state index in [0.29, 0.717) is 5.75 Å². The smallest absolute Gasteiger partial charge is 0.335 e. The second kappa shape index (κ2) is 5.16. The topological polar surface area (TPSA) is 70.0 Å². The molecule has 1 aromatic carbocycles. The molecule has 2 rings (SSSR count). The zero-order valence-electron chi connectivity index (χ0n) is 9.37. The molecule has 1 aliphatic heterocycles. The van der Waals surface area contributed by atoms with Crippen LogP contribution in [0.4, 0.5) is 0 Å². The Balaban J connectivity index is 2.01. The van der Waals surface area contributed by atoms with Gasteiger partial charge in [-0.15, -0.1) is 5.06 Å². The third kappa shape index (κ3) is 2.75. The number of hydroxylamine groups is 2. The van der Waals surface area contributed by atoms with Crippen LogP contribution in [0.3, 0.4) is 0 Å². The summed E-state index contributed by atoms with van der Waals surface area (Å²) in [7, 11) is 0. The van der Waals surface area contributed by atoms with E-state index in [1.54, 1.807) is 17.2 Å². The lowest BCUT2D eigenvalue weighted by atomic mass is 10.2. The van der Waals surface area contributed by atoms with Crippen molar-refractivity contribution in [1.29, 1.82) is 0 Å². The highest BCUT2D eigenvalue weighted by Crippen LogP contribution is 2.21. The predicted molar refractivity (Wildman–Crippen MR) is 60.8 cm³/mol. The average molecular weight is 237 g/mol. The number of nitrogens with zero attached hydrogens (tertiary/aromatic N) is 1. The van der Waals surface area contributed by atoms with Crippen LogP contribution in [0.25, 0.3) is 0 Å². The van der Waals surface area contributed by atoms with E-state index in [2.05, 4.69) is 0 Å². The minimum absolute atomic E-state index is 0.0363. The number of benzene rings is 1. The first-order valence-corrected chi connectivity index (χ1v) is 5.59. The normalized spacial score (nSPS) is 20.4. The van der Waals surface area contributed by atoms with Gasteiger partial charge in [-0.1, -0.05) is 0 Å². The van der Waals surface area contributed by atoms with E-state index in [0.717, 1.165) is 19.4 Å². The zero-order valence-corrected chi connectivity index (χ0v) is 9.37. The largest absolute Gasteiger partial charge is 0.478 e. The van der Waals surface area contributed by atoms with E-state index in [1.807, 2.05) is 0 Å². The highest BCUT2D eigenvalue weighted by molar-refractivity contribution is 5.87. The van der Waals surface area contributed by atoms with Gasteiger partial charge in [0.15, 0.2) is 0 Å². The van der Waals surface area contributed by atoms with Crippen molar-refractivity contribution in [2.75, 3.05) is 13.2 Å². The maximum absolute atomic E-state index is 10.7. The number of carboxylic acid groups (broad SMARTS) is 1. The van der Waals surface area contributed by atoms with E-state index in [-0.39, 0.29) is 18.2 Å². The number of aliphatic hydroxyl groups is 1. The maximum Gasteiger partial charge on any atom is 0.335 e. The molecule has 1 fully saturated rings. The fraction of sp³-hybridized carbons (Fsp3) is 0.417. The fourth-order valence-electron chi connectivity index (χ4n) is 1.91. The van der Waals surface area contributed by atoms with Crippen molar-refractivity contribution in [3.63, 3.8) is 0 Å². The van der Waals surface area contributed by atoms with Crippen molar-refractivity contribution in [2.24, 2.45) is 0 Å². The van der Waals surface area contributed by atoms with Crippen LogP contribution in [0, 0.1) is 0 Å². The maximum atomic E-state index is 10.7. The molecule has 17 heavy (non-hydrogen) atoms. The van der Waals surface area contributed by atoms with Gasteiger partial charge < -0.3 is 15.1 Å². The van der Waals surface area contributed by atoms with E-state index in [4.69, 9.17) is 15.1 Å². The predicted octanol–water partition coefficient (Wildman–Crippen LogP) is 1.14. The number of carbonyl (C=O) groups is 1. The molecule has 5 heteroatoms. The lowest BCUT2D eigenvalue weighted by Gasteiger charge is -2.22. The van der Waals surface area contributed by atoms with Gasteiger partial charge in [0.1, 0.15) is 5.75 Å². The second-order valence-electron chi connectivity index (χ2n) is 4.04. The molecular weight excluding hydrogens is 222 g/mol. The van der Waals surface area contributed by atoms with Crippen molar-refractivity contribution in [3.8, 4) is 5.75 Å². The molecule has 0 radical (unpaired) electrons. The van der Waals surface area contributed by atoms with Crippen LogP contribution < -0.4 is 4.84 Å². The van der Waals surface area contributed by atoms with Gasteiger partial charge in [-0.05, 0) is 37.1 Å². The Kier molecular flexibility index (Phi) is 3.61. The summed E-state index contributed by atoms with van der Waals surface area (Å²) in [5, 5.41) is 19.6. The number of aromatic carboxylic acids is 1. The first kappa shape index (κ1) is 11.9. The molecule has 1 saturated heterocycles.